The van der Waals surface area contributed by atoms with E-state index in [1.54, 1.807) is 18.2 Å². The smallest absolute Gasteiger partial charge is 0.344 e. The van der Waals surface area contributed by atoms with Gasteiger partial charge in [0.05, 0.1) is 18.6 Å². The van der Waals surface area contributed by atoms with Crippen LogP contribution in [0.2, 0.25) is 0 Å². The van der Waals surface area contributed by atoms with Gasteiger partial charge in [-0.05, 0) is 24.3 Å². The number of ether oxygens (including phenoxy) is 2. The zero-order valence-corrected chi connectivity index (χ0v) is 12.9. The quantitative estimate of drug-likeness (QED) is 0.444. The summed E-state index contributed by atoms with van der Waals surface area (Å²) in [4.78, 5) is 12.3. The van der Waals surface area contributed by atoms with Gasteiger partial charge in [0.1, 0.15) is 11.7 Å². The van der Waals surface area contributed by atoms with Crippen LogP contribution in [0.4, 0.5) is 10.1 Å². The molecule has 0 radical (unpaired) electrons. The standard InChI is InChI=1S/C18H16FNO4/c19-15-8-13-12-2-1-10(20)7-16(12)24-18(21)14(13)9-17(15)23-11-3-5-22-6-4-11/h1-2,7-9,11H,3-6,20H2. The molecule has 1 aromatic heterocycles. The van der Waals surface area contributed by atoms with Crippen LogP contribution < -0.4 is 16.1 Å². The average Bonchev–Trinajstić information content (AvgIpc) is 2.57. The fourth-order valence-corrected chi connectivity index (χ4v) is 3.01. The van der Waals surface area contributed by atoms with E-state index in [2.05, 4.69) is 0 Å². The highest BCUT2D eigenvalue weighted by Gasteiger charge is 2.19. The second-order valence-corrected chi connectivity index (χ2v) is 5.90. The van der Waals surface area contributed by atoms with Crippen molar-refractivity contribution < 1.29 is 18.3 Å². The predicted molar refractivity (Wildman–Crippen MR) is 88.8 cm³/mol. The minimum absolute atomic E-state index is 0.0662. The molecule has 1 aliphatic heterocycles. The minimum atomic E-state index is -0.542. The summed E-state index contributed by atoms with van der Waals surface area (Å²) in [5.74, 6) is -0.436. The molecule has 1 saturated heterocycles. The van der Waals surface area contributed by atoms with E-state index >= 15 is 0 Å². The van der Waals surface area contributed by atoms with Gasteiger partial charge in [-0.2, -0.15) is 0 Å². The highest BCUT2D eigenvalue weighted by atomic mass is 19.1. The maximum Gasteiger partial charge on any atom is 0.344 e. The summed E-state index contributed by atoms with van der Waals surface area (Å²) in [5.41, 5.74) is 5.98. The normalized spacial score (nSPS) is 15.9. The topological polar surface area (TPSA) is 74.7 Å². The summed E-state index contributed by atoms with van der Waals surface area (Å²) in [5, 5.41) is 1.41. The van der Waals surface area contributed by atoms with Crippen LogP contribution >= 0.6 is 0 Å². The summed E-state index contributed by atoms with van der Waals surface area (Å²) in [6.45, 7) is 1.18. The first-order chi connectivity index (χ1) is 11.6. The zero-order chi connectivity index (χ0) is 16.7. The van der Waals surface area contributed by atoms with Crippen LogP contribution in [0.1, 0.15) is 12.8 Å². The van der Waals surface area contributed by atoms with Crippen molar-refractivity contribution in [2.75, 3.05) is 18.9 Å². The molecule has 1 aliphatic rings. The van der Waals surface area contributed by atoms with Crippen molar-refractivity contribution in [3.05, 3.63) is 46.6 Å². The first-order valence-corrected chi connectivity index (χ1v) is 7.82. The van der Waals surface area contributed by atoms with Gasteiger partial charge in [-0.3, -0.25) is 0 Å². The molecule has 0 spiro atoms. The van der Waals surface area contributed by atoms with E-state index in [1.807, 2.05) is 0 Å². The Labute approximate surface area is 136 Å². The second kappa shape index (κ2) is 5.79. The van der Waals surface area contributed by atoms with Crippen LogP contribution in [0.5, 0.6) is 5.75 Å². The van der Waals surface area contributed by atoms with Gasteiger partial charge in [-0.15, -0.1) is 0 Å². The predicted octanol–water partition coefficient (Wildman–Crippen LogP) is 3.23. The third-order valence-electron chi connectivity index (χ3n) is 4.25. The third kappa shape index (κ3) is 2.59. The first-order valence-electron chi connectivity index (χ1n) is 7.82. The van der Waals surface area contributed by atoms with Crippen LogP contribution in [0.15, 0.2) is 39.5 Å². The summed E-state index contributed by atoms with van der Waals surface area (Å²) >= 11 is 0. The molecule has 0 saturated carbocycles. The third-order valence-corrected chi connectivity index (χ3v) is 4.25. The highest BCUT2D eigenvalue weighted by molar-refractivity contribution is 6.05. The van der Waals surface area contributed by atoms with Crippen LogP contribution in [-0.4, -0.2) is 19.3 Å². The number of hydrogen-bond donors (Lipinski definition) is 1. The van der Waals surface area contributed by atoms with Gasteiger partial charge in [0.15, 0.2) is 11.6 Å². The van der Waals surface area contributed by atoms with E-state index in [0.717, 1.165) is 0 Å². The number of fused-ring (bicyclic) bond motifs is 3. The molecular weight excluding hydrogens is 313 g/mol. The molecule has 4 rings (SSSR count). The lowest BCUT2D eigenvalue weighted by Gasteiger charge is -2.23. The van der Waals surface area contributed by atoms with E-state index in [9.17, 15) is 9.18 Å². The number of benzene rings is 2. The minimum Gasteiger partial charge on any atom is -0.487 e. The number of nitrogens with two attached hydrogens (primary N) is 1. The van der Waals surface area contributed by atoms with Gasteiger partial charge in [-0.25, -0.2) is 9.18 Å². The van der Waals surface area contributed by atoms with E-state index in [1.165, 1.54) is 12.1 Å². The van der Waals surface area contributed by atoms with Crippen LogP contribution in [0, 0.1) is 5.82 Å². The lowest BCUT2D eigenvalue weighted by Crippen LogP contribution is -2.26. The molecular formula is C18H16FNO4. The van der Waals surface area contributed by atoms with Gasteiger partial charge in [0.2, 0.25) is 0 Å². The second-order valence-electron chi connectivity index (χ2n) is 5.90. The number of anilines is 1. The molecule has 5 nitrogen and oxygen atoms in total. The molecule has 2 aromatic carbocycles. The Morgan fingerprint density at radius 3 is 2.67 bits per heavy atom. The summed E-state index contributed by atoms with van der Waals surface area (Å²) in [7, 11) is 0. The molecule has 1 fully saturated rings. The molecule has 3 aromatic rings. The summed E-state index contributed by atoms with van der Waals surface area (Å²) in [6, 6.07) is 7.70. The van der Waals surface area contributed by atoms with E-state index in [0.29, 0.717) is 48.1 Å². The van der Waals surface area contributed by atoms with Crippen molar-refractivity contribution in [2.24, 2.45) is 0 Å². The van der Waals surface area contributed by atoms with Gasteiger partial charge >= 0.3 is 5.63 Å². The zero-order valence-electron chi connectivity index (χ0n) is 12.9. The molecule has 0 aliphatic carbocycles. The van der Waals surface area contributed by atoms with Crippen molar-refractivity contribution in [1.82, 2.24) is 0 Å². The molecule has 0 atom stereocenters. The lowest BCUT2D eigenvalue weighted by molar-refractivity contribution is 0.0241. The van der Waals surface area contributed by atoms with Crippen LogP contribution in [-0.2, 0) is 4.74 Å². The lowest BCUT2D eigenvalue weighted by atomic mass is 10.1. The van der Waals surface area contributed by atoms with Crippen molar-refractivity contribution in [2.45, 2.75) is 18.9 Å². The Morgan fingerprint density at radius 1 is 1.08 bits per heavy atom. The van der Waals surface area contributed by atoms with Gasteiger partial charge < -0.3 is 19.6 Å². The van der Waals surface area contributed by atoms with Crippen molar-refractivity contribution >= 4 is 27.4 Å². The molecule has 0 bridgehead atoms. The molecule has 2 heterocycles. The molecule has 0 unspecified atom stereocenters. The van der Waals surface area contributed by atoms with Crippen molar-refractivity contribution in [3.63, 3.8) is 0 Å². The fourth-order valence-electron chi connectivity index (χ4n) is 3.01. The molecule has 2 N–H and O–H groups in total. The van der Waals surface area contributed by atoms with E-state index < -0.39 is 11.4 Å². The Kier molecular flexibility index (Phi) is 3.61. The van der Waals surface area contributed by atoms with E-state index in [4.69, 9.17) is 19.6 Å². The molecule has 6 heteroatoms. The maximum atomic E-state index is 14.5. The van der Waals surface area contributed by atoms with Gasteiger partial charge in [-0.1, -0.05) is 0 Å². The Hall–Kier alpha value is -2.60. The number of hydrogen-bond acceptors (Lipinski definition) is 5. The highest BCUT2D eigenvalue weighted by Crippen LogP contribution is 2.30. The average molecular weight is 329 g/mol. The Balaban J connectivity index is 1.85. The Morgan fingerprint density at radius 2 is 1.88 bits per heavy atom. The van der Waals surface area contributed by atoms with Gasteiger partial charge in [0.25, 0.3) is 0 Å². The SMILES string of the molecule is Nc1ccc2c(c1)oc(=O)c1cc(OC3CCOCC3)c(F)cc12. The molecule has 124 valence electrons. The maximum absolute atomic E-state index is 14.5. The van der Waals surface area contributed by atoms with Crippen LogP contribution in [0.3, 0.4) is 0 Å². The molecule has 0 amide bonds. The van der Waals surface area contributed by atoms with Crippen molar-refractivity contribution in [1.29, 1.82) is 0 Å². The fraction of sp³-hybridized carbons (Fsp3) is 0.278. The number of rotatable bonds is 2. The number of halogens is 1. The van der Waals surface area contributed by atoms with Crippen molar-refractivity contribution in [3.8, 4) is 5.75 Å². The summed E-state index contributed by atoms with van der Waals surface area (Å²) in [6.07, 6.45) is 1.28. The van der Waals surface area contributed by atoms with Gasteiger partial charge in [0, 0.05) is 35.4 Å². The van der Waals surface area contributed by atoms with Crippen LogP contribution in [0.25, 0.3) is 21.7 Å². The first kappa shape index (κ1) is 15.0. The number of nitrogen functional groups attached to an aromatic ring is 1. The Bertz CT molecular complexity index is 976. The molecule has 24 heavy (non-hydrogen) atoms. The monoisotopic (exact) mass is 329 g/mol. The van der Waals surface area contributed by atoms with E-state index in [-0.39, 0.29) is 17.2 Å². The largest absolute Gasteiger partial charge is 0.487 e. The summed E-state index contributed by atoms with van der Waals surface area (Å²) < 4.78 is 30.8.